The minimum absolute atomic E-state index is 0.0162. The lowest BCUT2D eigenvalue weighted by molar-refractivity contribution is -0.143. The number of alkyl halides is 3. The maximum atomic E-state index is 14.0. The van der Waals surface area contributed by atoms with E-state index in [1.54, 1.807) is 29.6 Å². The van der Waals surface area contributed by atoms with Gasteiger partial charge in [0, 0.05) is 5.56 Å². The van der Waals surface area contributed by atoms with Crippen LogP contribution in [0.15, 0.2) is 35.7 Å². The number of hydrogen-bond acceptors (Lipinski definition) is 4. The molecule has 32 heavy (non-hydrogen) atoms. The van der Waals surface area contributed by atoms with Gasteiger partial charge in [-0.15, -0.1) is 11.3 Å². The van der Waals surface area contributed by atoms with Crippen molar-refractivity contribution in [3.63, 3.8) is 0 Å². The van der Waals surface area contributed by atoms with Crippen LogP contribution in [0.25, 0.3) is 0 Å². The molecule has 0 bridgehead atoms. The van der Waals surface area contributed by atoms with E-state index in [0.29, 0.717) is 17.1 Å². The Morgan fingerprint density at radius 2 is 1.53 bits per heavy atom. The quantitative estimate of drug-likeness (QED) is 0.340. The van der Waals surface area contributed by atoms with E-state index in [9.17, 15) is 35.5 Å². The molecule has 0 unspecified atom stereocenters. The summed E-state index contributed by atoms with van der Waals surface area (Å²) in [5, 5.41) is 3.06. The summed E-state index contributed by atoms with van der Waals surface area (Å²) < 4.78 is 104. The summed E-state index contributed by atoms with van der Waals surface area (Å²) in [5.41, 5.74) is -3.90. The Hall–Kier alpha value is -3.28. The molecule has 2 aromatic carbocycles. The maximum Gasteiger partial charge on any atom is 0.422 e. The van der Waals surface area contributed by atoms with Crippen LogP contribution in [0.4, 0.5) is 36.4 Å². The first kappa shape index (κ1) is 23.4. The Bertz CT molecular complexity index is 1110. The predicted molar refractivity (Wildman–Crippen MR) is 101 cm³/mol. The van der Waals surface area contributed by atoms with Gasteiger partial charge in [-0.25, -0.2) is 17.6 Å². The van der Waals surface area contributed by atoms with Gasteiger partial charge in [0.25, 0.3) is 5.91 Å². The first-order chi connectivity index (χ1) is 15.0. The van der Waals surface area contributed by atoms with Gasteiger partial charge in [-0.05, 0) is 35.7 Å². The zero-order valence-corrected chi connectivity index (χ0v) is 16.8. The van der Waals surface area contributed by atoms with Gasteiger partial charge in [0.05, 0.1) is 12.0 Å². The first-order valence-corrected chi connectivity index (χ1v) is 9.49. The molecule has 1 aromatic heterocycles. The number of carbonyl (C=O) groups is 1. The van der Waals surface area contributed by atoms with Crippen LogP contribution in [0, 0.1) is 23.3 Å². The number of halogens is 7. The molecule has 0 atom stereocenters. The lowest BCUT2D eigenvalue weighted by Crippen LogP contribution is -2.19. The maximum absolute atomic E-state index is 14.0. The predicted octanol–water partition coefficient (Wildman–Crippen LogP) is 6.16. The van der Waals surface area contributed by atoms with E-state index in [1.807, 2.05) is 0 Å². The van der Waals surface area contributed by atoms with Gasteiger partial charge in [-0.1, -0.05) is 0 Å². The Kier molecular flexibility index (Phi) is 6.63. The molecule has 3 aromatic rings. The molecular weight excluding hydrogens is 467 g/mol. The van der Waals surface area contributed by atoms with Crippen molar-refractivity contribution in [3.05, 3.63) is 75.0 Å². The molecule has 0 aliphatic carbocycles. The van der Waals surface area contributed by atoms with Crippen molar-refractivity contribution >= 4 is 22.9 Å². The van der Waals surface area contributed by atoms with Crippen LogP contribution in [-0.4, -0.2) is 13.0 Å². The van der Waals surface area contributed by atoms with Crippen molar-refractivity contribution in [2.45, 2.75) is 12.8 Å². The monoisotopic (exact) mass is 479 g/mol. The Morgan fingerprint density at radius 3 is 2.06 bits per heavy atom. The van der Waals surface area contributed by atoms with Crippen LogP contribution in [-0.2, 0) is 12.8 Å². The summed E-state index contributed by atoms with van der Waals surface area (Å²) in [7, 11) is 1.50. The number of ether oxygens (including phenoxy) is 2. The third-order valence-corrected chi connectivity index (χ3v) is 5.11. The van der Waals surface area contributed by atoms with Gasteiger partial charge in [-0.2, -0.15) is 13.2 Å². The molecule has 0 radical (unpaired) electrons. The van der Waals surface area contributed by atoms with Gasteiger partial charge in [0.2, 0.25) is 0 Å². The topological polar surface area (TPSA) is 47.6 Å². The molecule has 0 saturated carbocycles. The van der Waals surface area contributed by atoms with Crippen LogP contribution in [0.3, 0.4) is 0 Å². The average molecular weight is 479 g/mol. The molecule has 170 valence electrons. The number of methoxy groups -OCH3 is 1. The first-order valence-electron chi connectivity index (χ1n) is 8.61. The average Bonchev–Trinajstić information content (AvgIpc) is 3.22. The highest BCUT2D eigenvalue weighted by atomic mass is 32.1. The summed E-state index contributed by atoms with van der Waals surface area (Å²) in [6, 6.07) is 7.88. The molecule has 1 heterocycles. The summed E-state index contributed by atoms with van der Waals surface area (Å²) in [5.74, 6) is -10.1. The van der Waals surface area contributed by atoms with Crippen molar-refractivity contribution in [2.75, 3.05) is 12.4 Å². The molecule has 3 rings (SSSR count). The second kappa shape index (κ2) is 9.07. The van der Waals surface area contributed by atoms with Crippen LogP contribution in [0.1, 0.15) is 20.8 Å². The van der Waals surface area contributed by atoms with E-state index in [-0.39, 0.29) is 11.5 Å². The molecule has 0 aliphatic rings. The van der Waals surface area contributed by atoms with Gasteiger partial charge in [0.15, 0.2) is 23.3 Å². The smallest absolute Gasteiger partial charge is 0.422 e. The second-order valence-electron chi connectivity index (χ2n) is 6.24. The molecule has 1 amide bonds. The molecule has 0 saturated heterocycles. The van der Waals surface area contributed by atoms with Crippen molar-refractivity contribution < 1.29 is 45.0 Å². The number of amides is 1. The number of rotatable bonds is 6. The zero-order chi connectivity index (χ0) is 23.6. The number of anilines is 1. The minimum atomic E-state index is -5.68. The normalized spacial score (nSPS) is 11.4. The number of carbonyl (C=O) groups excluding carboxylic acids is 1. The van der Waals surface area contributed by atoms with Crippen molar-refractivity contribution in [1.29, 1.82) is 0 Å². The SMILES string of the molecule is COc1ccc(OCc2csc(C(=O)Nc3c(F)c(F)c(C(F)(F)F)c(F)c3F)c2)cc1. The lowest BCUT2D eigenvalue weighted by atomic mass is 10.1. The fourth-order valence-corrected chi connectivity index (χ4v) is 3.37. The highest BCUT2D eigenvalue weighted by Gasteiger charge is 2.42. The van der Waals surface area contributed by atoms with E-state index >= 15 is 0 Å². The number of nitrogens with one attached hydrogen (secondary N) is 1. The Labute approximate surface area is 180 Å². The van der Waals surface area contributed by atoms with Crippen molar-refractivity contribution in [3.8, 4) is 11.5 Å². The number of thiophene rings is 1. The van der Waals surface area contributed by atoms with Gasteiger partial charge >= 0.3 is 6.18 Å². The highest BCUT2D eigenvalue weighted by molar-refractivity contribution is 7.12. The Morgan fingerprint density at radius 1 is 0.969 bits per heavy atom. The zero-order valence-electron chi connectivity index (χ0n) is 15.9. The molecule has 0 aliphatic heterocycles. The van der Waals surface area contributed by atoms with Crippen LogP contribution >= 0.6 is 11.3 Å². The summed E-state index contributed by atoms with van der Waals surface area (Å²) in [6.45, 7) is 0.0162. The molecular formula is C20H12F7NO3S. The van der Waals surface area contributed by atoms with E-state index in [4.69, 9.17) is 9.47 Å². The fraction of sp³-hybridized carbons (Fsp3) is 0.150. The fourth-order valence-electron chi connectivity index (χ4n) is 2.57. The number of hydrogen-bond donors (Lipinski definition) is 1. The van der Waals surface area contributed by atoms with Gasteiger partial charge in [-0.3, -0.25) is 4.79 Å². The van der Waals surface area contributed by atoms with Gasteiger partial charge < -0.3 is 14.8 Å². The van der Waals surface area contributed by atoms with Crippen molar-refractivity contribution in [2.24, 2.45) is 0 Å². The van der Waals surface area contributed by atoms with E-state index in [0.717, 1.165) is 11.3 Å². The minimum Gasteiger partial charge on any atom is -0.497 e. The third kappa shape index (κ3) is 4.79. The summed E-state index contributed by atoms with van der Waals surface area (Å²) in [4.78, 5) is 12.1. The number of benzene rings is 2. The molecule has 0 spiro atoms. The molecule has 1 N–H and O–H groups in total. The molecule has 4 nitrogen and oxygen atoms in total. The molecule has 0 fully saturated rings. The second-order valence-corrected chi connectivity index (χ2v) is 7.15. The van der Waals surface area contributed by atoms with Gasteiger partial charge in [0.1, 0.15) is 29.4 Å². The standard InChI is InChI=1S/C20H12F7NO3S/c1-30-10-2-4-11(5-3-10)31-7-9-6-12(32-8-9)19(29)28-18-16(23)14(21)13(20(25,26)27)15(22)17(18)24/h2-6,8H,7H2,1H3,(H,28,29). The van der Waals surface area contributed by atoms with E-state index < -0.39 is 46.6 Å². The summed E-state index contributed by atoms with van der Waals surface area (Å²) in [6.07, 6.45) is -5.68. The third-order valence-electron chi connectivity index (χ3n) is 4.13. The van der Waals surface area contributed by atoms with E-state index in [1.165, 1.54) is 18.6 Å². The molecule has 12 heteroatoms. The lowest BCUT2D eigenvalue weighted by Gasteiger charge is -2.14. The largest absolute Gasteiger partial charge is 0.497 e. The van der Waals surface area contributed by atoms with E-state index in [2.05, 4.69) is 0 Å². The van der Waals surface area contributed by atoms with Crippen LogP contribution < -0.4 is 14.8 Å². The Balaban J connectivity index is 1.75. The van der Waals surface area contributed by atoms with Crippen molar-refractivity contribution in [1.82, 2.24) is 0 Å². The summed E-state index contributed by atoms with van der Waals surface area (Å²) >= 11 is 0.821. The van der Waals surface area contributed by atoms with Crippen LogP contribution in [0.2, 0.25) is 0 Å². The highest BCUT2D eigenvalue weighted by Crippen LogP contribution is 2.38. The van der Waals surface area contributed by atoms with Crippen LogP contribution in [0.5, 0.6) is 11.5 Å².